The predicted octanol–water partition coefficient (Wildman–Crippen LogP) is 6.49. The second-order valence-electron chi connectivity index (χ2n) is 14.4. The Morgan fingerprint density at radius 3 is 1.47 bits per heavy atom. The molecule has 2 aliphatic rings. The number of aromatic nitrogens is 4. The molecule has 280 valence electrons. The van der Waals surface area contributed by atoms with E-state index in [9.17, 15) is 28.8 Å². The summed E-state index contributed by atoms with van der Waals surface area (Å²) in [7, 11) is 0. The number of aryl methyl sites for hydroxylation is 2. The maximum absolute atomic E-state index is 13.6. The van der Waals surface area contributed by atoms with Crippen molar-refractivity contribution in [3.63, 3.8) is 0 Å². The minimum atomic E-state index is -0.569. The number of carbonyl (C=O) groups is 6. The summed E-state index contributed by atoms with van der Waals surface area (Å²) in [5, 5.41) is 2.60. The van der Waals surface area contributed by atoms with E-state index in [0.717, 1.165) is 32.1 Å². The number of benzene rings is 4. The van der Waals surface area contributed by atoms with E-state index in [1.165, 1.54) is 36.4 Å². The molecule has 0 saturated carbocycles. The van der Waals surface area contributed by atoms with E-state index in [4.69, 9.17) is 0 Å². The number of rotatable bonds is 9. The molecule has 0 spiro atoms. The number of amides is 5. The van der Waals surface area contributed by atoms with Crippen molar-refractivity contribution in [1.82, 2.24) is 19.9 Å². The minimum absolute atomic E-state index is 0.0395. The molecular weight excluding hydrogens is 723 g/mol. The Bertz CT molecular complexity index is 2490. The van der Waals surface area contributed by atoms with Gasteiger partial charge in [-0.15, -0.1) is 0 Å². The Labute approximate surface area is 326 Å². The molecule has 13 heteroatoms. The molecule has 0 radical (unpaired) electrons. The molecule has 4 heterocycles. The lowest BCUT2D eigenvalue weighted by Gasteiger charge is -2.27. The monoisotopic (exact) mass is 755 g/mol. The van der Waals surface area contributed by atoms with Crippen LogP contribution in [0.1, 0.15) is 104 Å². The fourth-order valence-corrected chi connectivity index (χ4v) is 6.87. The van der Waals surface area contributed by atoms with Gasteiger partial charge in [-0.3, -0.25) is 34.1 Å². The third-order valence-corrected chi connectivity index (χ3v) is 10.2. The predicted molar refractivity (Wildman–Crippen MR) is 210 cm³/mol. The quantitative estimate of drug-likeness (QED) is 0.127. The zero-order chi connectivity index (χ0) is 40.2. The molecule has 0 bridgehead atoms. The largest absolute Gasteiger partial charge is 0.294 e. The fraction of sp³-hybridized carbons (Fsp3) is 0.136. The van der Waals surface area contributed by atoms with Crippen LogP contribution in [0.25, 0.3) is 0 Å². The summed E-state index contributed by atoms with van der Waals surface area (Å²) in [5.74, 6) is -2.36. The first-order chi connectivity index (χ1) is 27.3. The van der Waals surface area contributed by atoms with Gasteiger partial charge in [-0.25, -0.2) is 29.7 Å². The Balaban J connectivity index is 0.958. The number of hydrogen-bond acceptors (Lipinski definition) is 10. The van der Waals surface area contributed by atoms with Crippen LogP contribution >= 0.6 is 0 Å². The van der Waals surface area contributed by atoms with Crippen molar-refractivity contribution in [2.45, 2.75) is 39.5 Å². The van der Waals surface area contributed by atoms with Crippen LogP contribution in [-0.2, 0) is 11.8 Å². The summed E-state index contributed by atoms with van der Waals surface area (Å²) in [4.78, 5) is 98.5. The van der Waals surface area contributed by atoms with Crippen LogP contribution in [0.5, 0.6) is 0 Å². The van der Waals surface area contributed by atoms with Gasteiger partial charge >= 0.3 is 0 Å². The van der Waals surface area contributed by atoms with E-state index in [0.29, 0.717) is 17.2 Å². The van der Waals surface area contributed by atoms with E-state index in [1.54, 1.807) is 49.1 Å². The zero-order valence-corrected chi connectivity index (χ0v) is 31.2. The first-order valence-corrected chi connectivity index (χ1v) is 18.0. The van der Waals surface area contributed by atoms with Crippen LogP contribution < -0.4 is 15.1 Å². The van der Waals surface area contributed by atoms with Gasteiger partial charge in [0.2, 0.25) is 5.95 Å². The van der Waals surface area contributed by atoms with Gasteiger partial charge in [0.05, 0.1) is 40.0 Å². The molecule has 13 nitrogen and oxygen atoms in total. The number of ketones is 1. The van der Waals surface area contributed by atoms with Crippen molar-refractivity contribution in [3.05, 3.63) is 171 Å². The molecule has 6 aromatic rings. The van der Waals surface area contributed by atoms with Crippen molar-refractivity contribution < 1.29 is 28.8 Å². The first kappa shape index (κ1) is 36.4. The van der Waals surface area contributed by atoms with E-state index >= 15 is 0 Å². The Kier molecular flexibility index (Phi) is 8.92. The number of nitrogens with zero attached hydrogens (tertiary/aromatic N) is 6. The van der Waals surface area contributed by atoms with Crippen molar-refractivity contribution in [1.29, 1.82) is 0 Å². The Morgan fingerprint density at radius 2 is 0.982 bits per heavy atom. The maximum Gasteiger partial charge on any atom is 0.266 e. The molecule has 0 fully saturated rings. The maximum atomic E-state index is 13.6. The van der Waals surface area contributed by atoms with Gasteiger partial charge in [-0.2, -0.15) is 0 Å². The number of fused-ring (bicyclic) bond motifs is 2. The lowest BCUT2D eigenvalue weighted by Crippen LogP contribution is -2.30. The molecule has 0 atom stereocenters. The average Bonchev–Trinajstić information content (AvgIpc) is 3.62. The number of imide groups is 2. The minimum Gasteiger partial charge on any atom is -0.294 e. The summed E-state index contributed by atoms with van der Waals surface area (Å²) < 4.78 is 0. The zero-order valence-electron chi connectivity index (χ0n) is 31.2. The Morgan fingerprint density at radius 1 is 0.561 bits per heavy atom. The highest BCUT2D eigenvalue weighted by molar-refractivity contribution is 6.35. The highest BCUT2D eigenvalue weighted by Gasteiger charge is 2.39. The van der Waals surface area contributed by atoms with E-state index in [1.807, 2.05) is 52.0 Å². The third kappa shape index (κ3) is 6.54. The highest BCUT2D eigenvalue weighted by Crippen LogP contribution is 2.37. The first-order valence-electron chi connectivity index (χ1n) is 18.0. The van der Waals surface area contributed by atoms with Crippen LogP contribution in [-0.4, -0.2) is 55.3 Å². The van der Waals surface area contributed by atoms with Gasteiger partial charge in [0.25, 0.3) is 29.5 Å². The Hall–Kier alpha value is -7.54. The summed E-state index contributed by atoms with van der Waals surface area (Å²) in [6.07, 6.45) is 6.37. The molecule has 2 aliphatic heterocycles. The number of nitrogens with one attached hydrogen (secondary N) is 1. The standard InChI is InChI=1S/C44H33N7O6/c1-24-20-45-37(46-21-24)19-36(52)26-5-15-32-34(17-26)41(56)50(39(32)54)30-11-7-28(8-12-30)44(3,4)29-9-13-31(14-10-29)51-40(55)33-16-6-27(18-35(33)42(51)57)38(53)49-43-47-22-25(2)23-48-43/h5-18,20-23H,19H2,1-4H3,(H,47,48,49,53). The lowest BCUT2D eigenvalue weighted by atomic mass is 9.78. The van der Waals surface area contributed by atoms with E-state index < -0.39 is 35.0 Å². The second-order valence-corrected chi connectivity index (χ2v) is 14.4. The van der Waals surface area contributed by atoms with Crippen molar-refractivity contribution in [2.75, 3.05) is 15.1 Å². The van der Waals surface area contributed by atoms with E-state index in [2.05, 4.69) is 25.3 Å². The number of anilines is 3. The topological polar surface area (TPSA) is 172 Å². The molecule has 2 aromatic heterocycles. The normalized spacial score (nSPS) is 13.5. The smallest absolute Gasteiger partial charge is 0.266 e. The fourth-order valence-electron chi connectivity index (χ4n) is 6.87. The number of hydrogen-bond donors (Lipinski definition) is 1. The molecule has 0 aliphatic carbocycles. The van der Waals surface area contributed by atoms with Gasteiger partial charge < -0.3 is 0 Å². The number of carbonyl (C=O) groups excluding carboxylic acids is 6. The van der Waals surface area contributed by atoms with Gasteiger partial charge in [0.15, 0.2) is 5.78 Å². The van der Waals surface area contributed by atoms with Gasteiger partial charge in [0.1, 0.15) is 5.82 Å². The molecule has 4 aromatic carbocycles. The lowest BCUT2D eigenvalue weighted by molar-refractivity contribution is 0.0910. The summed E-state index contributed by atoms with van der Waals surface area (Å²) in [6, 6.07) is 23.0. The van der Waals surface area contributed by atoms with Crippen LogP contribution in [0.3, 0.4) is 0 Å². The van der Waals surface area contributed by atoms with Crippen molar-refractivity contribution >= 4 is 52.6 Å². The highest BCUT2D eigenvalue weighted by atomic mass is 16.2. The molecule has 0 unspecified atom stereocenters. The van der Waals surface area contributed by atoms with E-state index in [-0.39, 0.29) is 51.5 Å². The molecule has 5 amide bonds. The van der Waals surface area contributed by atoms with Gasteiger partial charge in [-0.05, 0) is 90.7 Å². The van der Waals surface area contributed by atoms with Gasteiger partial charge in [-0.1, -0.05) is 44.2 Å². The summed E-state index contributed by atoms with van der Waals surface area (Å²) in [6.45, 7) is 7.70. The average molecular weight is 756 g/mol. The molecule has 0 saturated heterocycles. The van der Waals surface area contributed by atoms with Crippen LogP contribution in [0.15, 0.2) is 110 Å². The number of Topliss-reactive ketones (excluding diaryl/α,β-unsaturated/α-hetero) is 1. The van der Waals surface area contributed by atoms with Crippen LogP contribution in [0.2, 0.25) is 0 Å². The molecule has 8 rings (SSSR count). The SMILES string of the molecule is Cc1cnc(CC(=O)c2ccc3c(c2)C(=O)N(c2ccc(C(C)(C)c4ccc(N5C(=O)c6ccc(C(=O)Nc7ncc(C)cn7)cc6C5=O)cc4)cc2)C3=O)nc1. The van der Waals surface area contributed by atoms with Crippen molar-refractivity contribution in [3.8, 4) is 0 Å². The summed E-state index contributed by atoms with van der Waals surface area (Å²) >= 11 is 0. The van der Waals surface area contributed by atoms with Crippen molar-refractivity contribution in [2.24, 2.45) is 0 Å². The third-order valence-electron chi connectivity index (χ3n) is 10.2. The molecule has 1 N–H and O–H groups in total. The molecular formula is C44H33N7O6. The van der Waals surface area contributed by atoms with Gasteiger partial charge in [0, 0.05) is 41.3 Å². The second kappa shape index (κ2) is 13.9. The van der Waals surface area contributed by atoms with Crippen LogP contribution in [0, 0.1) is 13.8 Å². The molecule has 57 heavy (non-hydrogen) atoms. The van der Waals surface area contributed by atoms with Crippen LogP contribution in [0.4, 0.5) is 17.3 Å². The summed E-state index contributed by atoms with van der Waals surface area (Å²) in [5.41, 5.74) is 4.78.